The van der Waals surface area contributed by atoms with Crippen LogP contribution in [0.25, 0.3) is 16.7 Å². The lowest BCUT2D eigenvalue weighted by molar-refractivity contribution is 0.0575. The van der Waals surface area contributed by atoms with Gasteiger partial charge in [0, 0.05) is 20.2 Å². The first-order valence-corrected chi connectivity index (χ1v) is 8.55. The summed E-state index contributed by atoms with van der Waals surface area (Å²) in [5.74, 6) is 1.01. The van der Waals surface area contributed by atoms with Crippen LogP contribution in [0.5, 0.6) is 0 Å². The lowest BCUT2D eigenvalue weighted by Gasteiger charge is -2.27. The molecule has 130 valence electrons. The van der Waals surface area contributed by atoms with Gasteiger partial charge in [-0.25, -0.2) is 4.68 Å². The fraction of sp³-hybridized carbons (Fsp3) is 0.389. The first-order valence-electron chi connectivity index (χ1n) is 8.55. The molecule has 4 rings (SSSR count). The molecule has 7 nitrogen and oxygen atoms in total. The topological polar surface area (TPSA) is 76.0 Å². The summed E-state index contributed by atoms with van der Waals surface area (Å²) in [6.07, 6.45) is 3.79. The van der Waals surface area contributed by atoms with Gasteiger partial charge < -0.3 is 9.64 Å². The standard InChI is InChI=1S/C18H21N5O2/c1-22(11-13-6-5-9-25-12-13)18-20-16-15(17(24)21-18)10-19-23(16)14-7-3-2-4-8-14/h2-4,7-8,10,13H,5-6,9,11-12H2,1H3,(H,20,21,24). The van der Waals surface area contributed by atoms with Crippen molar-refractivity contribution in [3.05, 3.63) is 46.9 Å². The molecule has 25 heavy (non-hydrogen) atoms. The summed E-state index contributed by atoms with van der Waals surface area (Å²) < 4.78 is 7.24. The van der Waals surface area contributed by atoms with Crippen molar-refractivity contribution in [3.63, 3.8) is 0 Å². The number of anilines is 1. The third-order valence-corrected chi connectivity index (χ3v) is 4.57. The molecule has 1 atom stereocenters. The molecular weight excluding hydrogens is 318 g/mol. The monoisotopic (exact) mass is 339 g/mol. The molecule has 1 aromatic carbocycles. The summed E-state index contributed by atoms with van der Waals surface area (Å²) in [6.45, 7) is 2.41. The number of nitrogens with one attached hydrogen (secondary N) is 1. The molecule has 0 bridgehead atoms. The van der Waals surface area contributed by atoms with Crippen LogP contribution in [0.3, 0.4) is 0 Å². The van der Waals surface area contributed by atoms with E-state index in [0.29, 0.717) is 22.9 Å². The number of aromatic amines is 1. The zero-order valence-electron chi connectivity index (χ0n) is 14.2. The molecule has 0 spiro atoms. The average molecular weight is 339 g/mol. The quantitative estimate of drug-likeness (QED) is 0.786. The normalized spacial score (nSPS) is 17.7. The molecule has 0 aliphatic carbocycles. The molecule has 1 unspecified atom stereocenters. The van der Waals surface area contributed by atoms with Crippen LogP contribution in [0, 0.1) is 5.92 Å². The van der Waals surface area contributed by atoms with E-state index in [2.05, 4.69) is 15.1 Å². The maximum atomic E-state index is 12.4. The molecule has 7 heteroatoms. The molecule has 1 fully saturated rings. The predicted octanol–water partition coefficient (Wildman–Crippen LogP) is 1.97. The molecule has 1 aliphatic heterocycles. The van der Waals surface area contributed by atoms with Crippen molar-refractivity contribution in [2.75, 3.05) is 31.7 Å². The Hall–Kier alpha value is -2.67. The number of fused-ring (bicyclic) bond motifs is 1. The third kappa shape index (κ3) is 3.15. The van der Waals surface area contributed by atoms with E-state index in [1.807, 2.05) is 42.3 Å². The predicted molar refractivity (Wildman–Crippen MR) is 96.3 cm³/mol. The van der Waals surface area contributed by atoms with Crippen molar-refractivity contribution in [1.29, 1.82) is 0 Å². The van der Waals surface area contributed by atoms with Gasteiger partial charge in [-0.1, -0.05) is 18.2 Å². The second kappa shape index (κ2) is 6.68. The van der Waals surface area contributed by atoms with Crippen molar-refractivity contribution >= 4 is 17.0 Å². The minimum atomic E-state index is -0.172. The number of hydrogen-bond acceptors (Lipinski definition) is 5. The third-order valence-electron chi connectivity index (χ3n) is 4.57. The molecule has 3 aromatic rings. The molecule has 0 saturated carbocycles. The number of hydrogen-bond donors (Lipinski definition) is 1. The van der Waals surface area contributed by atoms with Crippen molar-refractivity contribution in [3.8, 4) is 5.69 Å². The van der Waals surface area contributed by atoms with Gasteiger partial charge in [-0.15, -0.1) is 0 Å². The maximum Gasteiger partial charge on any atom is 0.263 e. The van der Waals surface area contributed by atoms with Crippen LogP contribution in [0.15, 0.2) is 41.3 Å². The van der Waals surface area contributed by atoms with Crippen molar-refractivity contribution < 1.29 is 4.74 Å². The number of aromatic nitrogens is 4. The van der Waals surface area contributed by atoms with Crippen LogP contribution in [-0.2, 0) is 4.74 Å². The molecule has 2 aromatic heterocycles. The summed E-state index contributed by atoms with van der Waals surface area (Å²) in [6, 6.07) is 9.70. The average Bonchev–Trinajstić information content (AvgIpc) is 3.08. The fourth-order valence-corrected chi connectivity index (χ4v) is 3.27. The number of nitrogens with zero attached hydrogens (tertiary/aromatic N) is 4. The van der Waals surface area contributed by atoms with Gasteiger partial charge in [0.25, 0.3) is 5.56 Å². The van der Waals surface area contributed by atoms with Crippen LogP contribution in [0.4, 0.5) is 5.95 Å². The van der Waals surface area contributed by atoms with Gasteiger partial charge in [0.05, 0.1) is 18.5 Å². The number of ether oxygens (including phenoxy) is 1. The smallest absolute Gasteiger partial charge is 0.263 e. The Bertz CT molecular complexity index is 912. The van der Waals surface area contributed by atoms with E-state index >= 15 is 0 Å². The minimum Gasteiger partial charge on any atom is -0.381 e. The molecule has 0 radical (unpaired) electrons. The Kier molecular flexibility index (Phi) is 4.23. The highest BCUT2D eigenvalue weighted by molar-refractivity contribution is 5.76. The van der Waals surface area contributed by atoms with E-state index in [1.54, 1.807) is 10.9 Å². The molecule has 1 aliphatic rings. The van der Waals surface area contributed by atoms with Crippen LogP contribution in [0.2, 0.25) is 0 Å². The van der Waals surface area contributed by atoms with Crippen molar-refractivity contribution in [1.82, 2.24) is 19.7 Å². The first kappa shape index (κ1) is 15.8. The molecule has 3 heterocycles. The van der Waals surface area contributed by atoms with Gasteiger partial charge in [0.1, 0.15) is 5.39 Å². The minimum absolute atomic E-state index is 0.172. The highest BCUT2D eigenvalue weighted by Gasteiger charge is 2.19. The second-order valence-electron chi connectivity index (χ2n) is 6.48. The van der Waals surface area contributed by atoms with Gasteiger partial charge in [-0.3, -0.25) is 9.78 Å². The molecule has 1 saturated heterocycles. The van der Waals surface area contributed by atoms with Gasteiger partial charge in [0.2, 0.25) is 5.95 Å². The number of H-pyrrole nitrogens is 1. The molecule has 1 N–H and O–H groups in total. The van der Waals surface area contributed by atoms with Gasteiger partial charge in [-0.2, -0.15) is 10.1 Å². The lowest BCUT2D eigenvalue weighted by Crippen LogP contribution is -2.32. The van der Waals surface area contributed by atoms with E-state index in [1.165, 1.54) is 0 Å². The highest BCUT2D eigenvalue weighted by Crippen LogP contribution is 2.19. The van der Waals surface area contributed by atoms with Gasteiger partial charge in [0.15, 0.2) is 5.65 Å². The fourth-order valence-electron chi connectivity index (χ4n) is 3.27. The number of para-hydroxylation sites is 1. The van der Waals surface area contributed by atoms with Gasteiger partial charge >= 0.3 is 0 Å². The van der Waals surface area contributed by atoms with E-state index in [0.717, 1.165) is 38.3 Å². The summed E-state index contributed by atoms with van der Waals surface area (Å²) in [7, 11) is 1.95. The molecule has 0 amide bonds. The Morgan fingerprint density at radius 1 is 1.36 bits per heavy atom. The van der Waals surface area contributed by atoms with Crippen LogP contribution >= 0.6 is 0 Å². The van der Waals surface area contributed by atoms with Gasteiger partial charge in [-0.05, 0) is 30.9 Å². The Morgan fingerprint density at radius 2 is 2.20 bits per heavy atom. The largest absolute Gasteiger partial charge is 0.381 e. The lowest BCUT2D eigenvalue weighted by atomic mass is 10.0. The van der Waals surface area contributed by atoms with Crippen LogP contribution < -0.4 is 10.5 Å². The van der Waals surface area contributed by atoms with E-state index in [4.69, 9.17) is 4.74 Å². The Balaban J connectivity index is 1.69. The SMILES string of the molecule is CN(CC1CCCOC1)c1nc2c(cnn2-c2ccccc2)c(=O)[nH]1. The number of rotatable bonds is 4. The molecular formula is C18H21N5O2. The van der Waals surface area contributed by atoms with Crippen molar-refractivity contribution in [2.24, 2.45) is 5.92 Å². The maximum absolute atomic E-state index is 12.4. The van der Waals surface area contributed by atoms with Crippen LogP contribution in [-0.4, -0.2) is 46.6 Å². The summed E-state index contributed by atoms with van der Waals surface area (Å²) in [4.78, 5) is 22.0. The van der Waals surface area contributed by atoms with E-state index in [9.17, 15) is 4.79 Å². The van der Waals surface area contributed by atoms with Crippen LogP contribution in [0.1, 0.15) is 12.8 Å². The summed E-state index contributed by atoms with van der Waals surface area (Å²) >= 11 is 0. The first-order chi connectivity index (χ1) is 12.2. The second-order valence-corrected chi connectivity index (χ2v) is 6.48. The summed E-state index contributed by atoms with van der Waals surface area (Å²) in [5.41, 5.74) is 1.27. The highest BCUT2D eigenvalue weighted by atomic mass is 16.5. The zero-order chi connectivity index (χ0) is 17.2. The zero-order valence-corrected chi connectivity index (χ0v) is 14.2. The van der Waals surface area contributed by atoms with E-state index in [-0.39, 0.29) is 5.56 Å². The number of benzene rings is 1. The Labute approximate surface area is 145 Å². The van der Waals surface area contributed by atoms with E-state index < -0.39 is 0 Å². The summed E-state index contributed by atoms with van der Waals surface area (Å²) in [5, 5.41) is 4.83. The Morgan fingerprint density at radius 3 is 2.96 bits per heavy atom. The van der Waals surface area contributed by atoms with Crippen molar-refractivity contribution in [2.45, 2.75) is 12.8 Å².